The summed E-state index contributed by atoms with van der Waals surface area (Å²) >= 11 is 5.75. The van der Waals surface area contributed by atoms with Crippen LogP contribution in [0, 0.1) is 11.6 Å². The highest BCUT2D eigenvalue weighted by Gasteiger charge is 2.20. The number of benzene rings is 2. The van der Waals surface area contributed by atoms with Crippen molar-refractivity contribution in [3.63, 3.8) is 0 Å². The van der Waals surface area contributed by atoms with Gasteiger partial charge in [-0.3, -0.25) is 4.79 Å². The van der Waals surface area contributed by atoms with Crippen molar-refractivity contribution < 1.29 is 26.5 Å². The number of halogens is 3. The van der Waals surface area contributed by atoms with Crippen molar-refractivity contribution in [2.75, 3.05) is 5.32 Å². The van der Waals surface area contributed by atoms with Gasteiger partial charge >= 0.3 is 0 Å². The molecule has 0 spiro atoms. The minimum atomic E-state index is -3.69. The van der Waals surface area contributed by atoms with Crippen LogP contribution in [0.1, 0.15) is 18.1 Å². The molecule has 11 heteroatoms. The summed E-state index contributed by atoms with van der Waals surface area (Å²) in [6.45, 7) is 0. The molecule has 0 aliphatic rings. The van der Waals surface area contributed by atoms with Crippen LogP contribution >= 0.6 is 11.6 Å². The summed E-state index contributed by atoms with van der Waals surface area (Å²) in [7, 11) is -3.69. The van der Waals surface area contributed by atoms with Crippen LogP contribution < -0.4 is 5.32 Å². The van der Waals surface area contributed by atoms with Crippen molar-refractivity contribution in [3.05, 3.63) is 70.8 Å². The Labute approximate surface area is 169 Å². The molecule has 0 saturated carbocycles. The van der Waals surface area contributed by atoms with E-state index in [9.17, 15) is 22.0 Å². The van der Waals surface area contributed by atoms with Gasteiger partial charge < -0.3 is 9.84 Å². The maximum Gasteiger partial charge on any atom is 0.227 e. The molecule has 3 rings (SSSR count). The number of aromatic nitrogens is 2. The molecule has 0 aliphatic heterocycles. The molecular weight excluding hydrogens is 428 g/mol. The summed E-state index contributed by atoms with van der Waals surface area (Å²) in [6, 6.07) is 8.44. The minimum absolute atomic E-state index is 0.0165. The molecule has 152 valence electrons. The van der Waals surface area contributed by atoms with Crippen molar-refractivity contribution >= 4 is 33.0 Å². The van der Waals surface area contributed by atoms with Gasteiger partial charge in [0.1, 0.15) is 17.4 Å². The van der Waals surface area contributed by atoms with Gasteiger partial charge in [0.05, 0.1) is 10.6 Å². The Kier molecular flexibility index (Phi) is 6.23. The fraction of sp³-hybridized carbons (Fsp3) is 0.167. The Hall–Kier alpha value is -2.85. The summed E-state index contributed by atoms with van der Waals surface area (Å²) in [6.07, 6.45) is -0.106. The Morgan fingerprint density at radius 1 is 1.14 bits per heavy atom. The third-order valence-corrected chi connectivity index (χ3v) is 5.65. The molecule has 1 amide bonds. The second kappa shape index (κ2) is 8.66. The lowest BCUT2D eigenvalue weighted by Crippen LogP contribution is -2.13. The standard InChI is InChI=1S/C18H14ClF2N3O4S/c19-11-1-4-13(5-2-11)29(26,27)10-16-23-18(28-24-16)8-7-17(25)22-15-6-3-12(20)9-14(15)21/h1-6,9H,7-8,10H2,(H,22,25). The van der Waals surface area contributed by atoms with E-state index in [1.54, 1.807) is 0 Å². The number of carbonyl (C=O) groups excluding carboxylic acids is 1. The molecule has 3 aromatic rings. The van der Waals surface area contributed by atoms with Crippen molar-refractivity contribution in [3.8, 4) is 0 Å². The molecule has 2 aromatic carbocycles. The van der Waals surface area contributed by atoms with Gasteiger partial charge in [-0.05, 0) is 36.4 Å². The predicted molar refractivity (Wildman–Crippen MR) is 99.9 cm³/mol. The number of hydrogen-bond donors (Lipinski definition) is 1. The van der Waals surface area contributed by atoms with Crippen LogP contribution in [0.4, 0.5) is 14.5 Å². The highest BCUT2D eigenvalue weighted by molar-refractivity contribution is 7.90. The van der Waals surface area contributed by atoms with E-state index < -0.39 is 33.1 Å². The molecule has 1 heterocycles. The zero-order valence-electron chi connectivity index (χ0n) is 14.7. The van der Waals surface area contributed by atoms with Crippen LogP contribution in [0.15, 0.2) is 51.9 Å². The monoisotopic (exact) mass is 441 g/mol. The molecule has 7 nitrogen and oxygen atoms in total. The van der Waals surface area contributed by atoms with Gasteiger partial charge in [-0.15, -0.1) is 0 Å². The van der Waals surface area contributed by atoms with Crippen LogP contribution in [0.2, 0.25) is 5.02 Å². The van der Waals surface area contributed by atoms with Gasteiger partial charge in [0.25, 0.3) is 0 Å². The van der Waals surface area contributed by atoms with Crippen LogP contribution in [-0.2, 0) is 26.8 Å². The number of hydrogen-bond acceptors (Lipinski definition) is 6. The lowest BCUT2D eigenvalue weighted by Gasteiger charge is -2.05. The molecule has 0 fully saturated rings. The van der Waals surface area contributed by atoms with Crippen LogP contribution in [0.25, 0.3) is 0 Å². The summed E-state index contributed by atoms with van der Waals surface area (Å²) < 4.78 is 56.1. The first kappa shape index (κ1) is 20.9. The van der Waals surface area contributed by atoms with Gasteiger partial charge in [0, 0.05) is 23.9 Å². The Morgan fingerprint density at radius 3 is 2.55 bits per heavy atom. The number of nitrogens with one attached hydrogen (secondary N) is 1. The Morgan fingerprint density at radius 2 is 1.86 bits per heavy atom. The van der Waals surface area contributed by atoms with Gasteiger partial charge in [-0.25, -0.2) is 17.2 Å². The fourth-order valence-electron chi connectivity index (χ4n) is 2.37. The number of aryl methyl sites for hydroxylation is 1. The van der Waals surface area contributed by atoms with Crippen LogP contribution in [0.3, 0.4) is 0 Å². The summed E-state index contributed by atoms with van der Waals surface area (Å²) in [4.78, 5) is 15.9. The number of rotatable bonds is 7. The Bertz CT molecular complexity index is 1130. The molecule has 1 N–H and O–H groups in total. The molecule has 0 bridgehead atoms. The fourth-order valence-corrected chi connectivity index (χ4v) is 3.67. The lowest BCUT2D eigenvalue weighted by atomic mass is 10.2. The first-order valence-corrected chi connectivity index (χ1v) is 10.3. The van der Waals surface area contributed by atoms with E-state index in [0.717, 1.165) is 12.1 Å². The minimum Gasteiger partial charge on any atom is -0.339 e. The molecule has 29 heavy (non-hydrogen) atoms. The first-order valence-electron chi connectivity index (χ1n) is 8.27. The third kappa shape index (κ3) is 5.58. The predicted octanol–water partition coefficient (Wildman–Crippen LogP) is 3.55. The van der Waals surface area contributed by atoms with Crippen LogP contribution in [0.5, 0.6) is 0 Å². The zero-order chi connectivity index (χ0) is 21.0. The lowest BCUT2D eigenvalue weighted by molar-refractivity contribution is -0.116. The largest absolute Gasteiger partial charge is 0.339 e. The second-order valence-electron chi connectivity index (χ2n) is 5.99. The molecule has 0 saturated heterocycles. The number of carbonyl (C=O) groups is 1. The highest BCUT2D eigenvalue weighted by atomic mass is 35.5. The quantitative estimate of drug-likeness (QED) is 0.601. The van der Waals surface area contributed by atoms with E-state index in [-0.39, 0.29) is 35.1 Å². The molecule has 1 aromatic heterocycles. The number of anilines is 1. The van der Waals surface area contributed by atoms with Crippen molar-refractivity contribution in [1.82, 2.24) is 10.1 Å². The van der Waals surface area contributed by atoms with E-state index in [1.807, 2.05) is 0 Å². The maximum absolute atomic E-state index is 13.5. The SMILES string of the molecule is O=C(CCc1nc(CS(=O)(=O)c2ccc(Cl)cc2)no1)Nc1ccc(F)cc1F. The summed E-state index contributed by atoms with van der Waals surface area (Å²) in [5.74, 6) is -2.69. The van der Waals surface area contributed by atoms with Crippen molar-refractivity contribution in [2.45, 2.75) is 23.5 Å². The van der Waals surface area contributed by atoms with E-state index in [0.29, 0.717) is 11.1 Å². The van der Waals surface area contributed by atoms with E-state index in [1.165, 1.54) is 24.3 Å². The van der Waals surface area contributed by atoms with E-state index in [2.05, 4.69) is 15.5 Å². The van der Waals surface area contributed by atoms with Crippen molar-refractivity contribution in [1.29, 1.82) is 0 Å². The van der Waals surface area contributed by atoms with Gasteiger partial charge in [-0.2, -0.15) is 4.98 Å². The number of nitrogens with zero attached hydrogens (tertiary/aromatic N) is 2. The second-order valence-corrected chi connectivity index (χ2v) is 8.42. The highest BCUT2D eigenvalue weighted by Crippen LogP contribution is 2.18. The smallest absolute Gasteiger partial charge is 0.227 e. The molecule has 0 unspecified atom stereocenters. The molecular formula is C18H14ClF2N3O4S. The molecule has 0 radical (unpaired) electrons. The molecule has 0 aliphatic carbocycles. The maximum atomic E-state index is 13.5. The van der Waals surface area contributed by atoms with Crippen LogP contribution in [-0.4, -0.2) is 24.5 Å². The Balaban J connectivity index is 1.57. The third-order valence-electron chi connectivity index (χ3n) is 3.77. The van der Waals surface area contributed by atoms with Crippen molar-refractivity contribution in [2.24, 2.45) is 0 Å². The molecule has 0 atom stereocenters. The zero-order valence-corrected chi connectivity index (χ0v) is 16.3. The van der Waals surface area contributed by atoms with E-state index >= 15 is 0 Å². The first-order chi connectivity index (χ1) is 13.7. The number of sulfone groups is 1. The topological polar surface area (TPSA) is 102 Å². The average Bonchev–Trinajstić information content (AvgIpc) is 3.09. The van der Waals surface area contributed by atoms with Gasteiger partial charge in [0.15, 0.2) is 15.7 Å². The van der Waals surface area contributed by atoms with Gasteiger partial charge in [-0.1, -0.05) is 16.8 Å². The number of amides is 1. The summed E-state index contributed by atoms with van der Waals surface area (Å²) in [5, 5.41) is 6.31. The van der Waals surface area contributed by atoms with Gasteiger partial charge in [0.2, 0.25) is 11.8 Å². The average molecular weight is 442 g/mol. The normalized spacial score (nSPS) is 11.4. The summed E-state index contributed by atoms with van der Waals surface area (Å²) in [5.41, 5.74) is -0.156. The van der Waals surface area contributed by atoms with E-state index in [4.69, 9.17) is 16.1 Å².